The summed E-state index contributed by atoms with van der Waals surface area (Å²) < 4.78 is 5.52. The molecule has 0 radical (unpaired) electrons. The molecular weight excluding hydrogens is 292 g/mol. The number of hydrogen-bond acceptors (Lipinski definition) is 4. The molecule has 1 saturated heterocycles. The van der Waals surface area contributed by atoms with Crippen LogP contribution in [0.2, 0.25) is 0 Å². The molecule has 1 aliphatic rings. The zero-order chi connectivity index (χ0) is 17.0. The zero-order valence-electron chi connectivity index (χ0n) is 14.4. The van der Waals surface area contributed by atoms with E-state index in [9.17, 15) is 9.59 Å². The van der Waals surface area contributed by atoms with Crippen LogP contribution < -0.4 is 5.32 Å². The van der Waals surface area contributed by atoms with Crippen LogP contribution in [0.3, 0.4) is 0 Å². The molecule has 1 aromatic carbocycles. The van der Waals surface area contributed by atoms with Crippen LogP contribution >= 0.6 is 0 Å². The van der Waals surface area contributed by atoms with Crippen LogP contribution in [0.5, 0.6) is 0 Å². The first-order valence-corrected chi connectivity index (χ1v) is 8.08. The molecule has 0 bridgehead atoms. The van der Waals surface area contributed by atoms with Crippen LogP contribution in [0.15, 0.2) is 24.3 Å². The molecule has 5 heteroatoms. The van der Waals surface area contributed by atoms with Crippen molar-refractivity contribution in [3.05, 3.63) is 35.4 Å². The van der Waals surface area contributed by atoms with Gasteiger partial charge in [-0.25, -0.2) is 0 Å². The summed E-state index contributed by atoms with van der Waals surface area (Å²) in [7, 11) is 1.62. The van der Waals surface area contributed by atoms with E-state index in [1.165, 1.54) is 0 Å². The predicted octanol–water partition coefficient (Wildman–Crippen LogP) is 2.35. The molecular formula is C18H26N2O3. The number of rotatable bonds is 4. The van der Waals surface area contributed by atoms with Crippen LogP contribution in [0, 0.1) is 0 Å². The van der Waals surface area contributed by atoms with Gasteiger partial charge >= 0.3 is 5.97 Å². The maximum atomic E-state index is 12.3. The molecule has 1 fully saturated rings. The van der Waals surface area contributed by atoms with Gasteiger partial charge in [0.25, 0.3) is 5.91 Å². The minimum Gasteiger partial charge on any atom is -0.459 e. The topological polar surface area (TPSA) is 58.6 Å². The molecule has 1 amide bonds. The minimum atomic E-state index is -0.458. The molecule has 2 rings (SSSR count). The fraction of sp³-hybridized carbons (Fsp3) is 0.556. The molecule has 1 aromatic rings. The standard InChI is InChI=1S/C18H26N2O3/c1-18(2,3)23-17(22)15-6-5-11-20(15)12-13-7-9-14(10-8-13)16(21)19-4/h7-10,15H,5-6,11-12H2,1-4H3,(H,19,21). The predicted molar refractivity (Wildman–Crippen MR) is 89.1 cm³/mol. The number of ether oxygens (including phenoxy) is 1. The minimum absolute atomic E-state index is 0.0932. The number of likely N-dealkylation sites (tertiary alicyclic amines) is 1. The first-order valence-electron chi connectivity index (χ1n) is 8.08. The number of benzene rings is 1. The molecule has 0 saturated carbocycles. The second kappa shape index (κ2) is 7.13. The van der Waals surface area contributed by atoms with Crippen molar-refractivity contribution >= 4 is 11.9 Å². The van der Waals surface area contributed by atoms with Gasteiger partial charge in [-0.2, -0.15) is 0 Å². The number of amides is 1. The Bertz CT molecular complexity index is 561. The Labute approximate surface area is 138 Å². The normalized spacial score (nSPS) is 18.7. The van der Waals surface area contributed by atoms with Crippen LogP contribution in [0.25, 0.3) is 0 Å². The van der Waals surface area contributed by atoms with Gasteiger partial charge in [0.2, 0.25) is 0 Å². The van der Waals surface area contributed by atoms with E-state index in [-0.39, 0.29) is 17.9 Å². The molecule has 5 nitrogen and oxygen atoms in total. The summed E-state index contributed by atoms with van der Waals surface area (Å²) in [5, 5.41) is 2.61. The van der Waals surface area contributed by atoms with E-state index >= 15 is 0 Å². The lowest BCUT2D eigenvalue weighted by molar-refractivity contribution is -0.160. The third kappa shape index (κ3) is 4.79. The fourth-order valence-electron chi connectivity index (χ4n) is 2.79. The Kier molecular flexibility index (Phi) is 5.42. The average Bonchev–Trinajstić information content (AvgIpc) is 2.94. The first-order chi connectivity index (χ1) is 10.8. The Morgan fingerprint density at radius 2 is 1.91 bits per heavy atom. The monoisotopic (exact) mass is 318 g/mol. The fourth-order valence-corrected chi connectivity index (χ4v) is 2.79. The van der Waals surface area contributed by atoms with Gasteiger partial charge in [0.05, 0.1) is 0 Å². The van der Waals surface area contributed by atoms with Crippen LogP contribution in [-0.2, 0) is 16.1 Å². The molecule has 23 heavy (non-hydrogen) atoms. The second-order valence-corrected chi connectivity index (χ2v) is 6.94. The number of nitrogens with one attached hydrogen (secondary N) is 1. The van der Waals surface area contributed by atoms with Crippen LogP contribution in [0.1, 0.15) is 49.5 Å². The van der Waals surface area contributed by atoms with Crippen molar-refractivity contribution in [1.29, 1.82) is 0 Å². The van der Waals surface area contributed by atoms with Crippen LogP contribution in [-0.4, -0.2) is 42.0 Å². The molecule has 1 aliphatic heterocycles. The average molecular weight is 318 g/mol. The van der Waals surface area contributed by atoms with Crippen LogP contribution in [0.4, 0.5) is 0 Å². The molecule has 1 unspecified atom stereocenters. The lowest BCUT2D eigenvalue weighted by Crippen LogP contribution is -2.40. The highest BCUT2D eigenvalue weighted by Crippen LogP contribution is 2.23. The highest BCUT2D eigenvalue weighted by atomic mass is 16.6. The van der Waals surface area contributed by atoms with Gasteiger partial charge in [0.15, 0.2) is 0 Å². The van der Waals surface area contributed by atoms with Gasteiger partial charge in [-0.15, -0.1) is 0 Å². The third-order valence-electron chi connectivity index (χ3n) is 3.87. The summed E-state index contributed by atoms with van der Waals surface area (Å²) >= 11 is 0. The third-order valence-corrected chi connectivity index (χ3v) is 3.87. The summed E-state index contributed by atoms with van der Waals surface area (Å²) in [6.07, 6.45) is 1.84. The highest BCUT2D eigenvalue weighted by Gasteiger charge is 2.33. The smallest absolute Gasteiger partial charge is 0.323 e. The molecule has 0 spiro atoms. The maximum Gasteiger partial charge on any atom is 0.323 e. The van der Waals surface area contributed by atoms with E-state index in [0.29, 0.717) is 12.1 Å². The van der Waals surface area contributed by atoms with Gasteiger partial charge in [0.1, 0.15) is 11.6 Å². The summed E-state index contributed by atoms with van der Waals surface area (Å²) in [6, 6.07) is 7.33. The maximum absolute atomic E-state index is 12.3. The first kappa shape index (κ1) is 17.5. The van der Waals surface area contributed by atoms with Crippen molar-refractivity contribution in [3.8, 4) is 0 Å². The SMILES string of the molecule is CNC(=O)c1ccc(CN2CCCC2C(=O)OC(C)(C)C)cc1. The number of nitrogens with zero attached hydrogens (tertiary/aromatic N) is 1. The Morgan fingerprint density at radius 3 is 2.48 bits per heavy atom. The molecule has 1 N–H and O–H groups in total. The van der Waals surface area contributed by atoms with E-state index in [0.717, 1.165) is 24.9 Å². The summed E-state index contributed by atoms with van der Waals surface area (Å²) in [5.74, 6) is -0.235. The molecule has 1 atom stereocenters. The van der Waals surface area contributed by atoms with Gasteiger partial charge < -0.3 is 10.1 Å². The second-order valence-electron chi connectivity index (χ2n) is 6.94. The van der Waals surface area contributed by atoms with E-state index in [2.05, 4.69) is 10.2 Å². The van der Waals surface area contributed by atoms with Crippen molar-refractivity contribution in [1.82, 2.24) is 10.2 Å². The van der Waals surface area contributed by atoms with Crippen molar-refractivity contribution in [2.45, 2.75) is 51.8 Å². The molecule has 0 aliphatic carbocycles. The van der Waals surface area contributed by atoms with E-state index < -0.39 is 5.60 Å². The molecule has 126 valence electrons. The summed E-state index contributed by atoms with van der Waals surface area (Å²) in [4.78, 5) is 26.0. The molecule has 1 heterocycles. The number of carbonyl (C=O) groups excluding carboxylic acids is 2. The summed E-state index contributed by atoms with van der Waals surface area (Å²) in [5.41, 5.74) is 1.27. The Balaban J connectivity index is 2.01. The quantitative estimate of drug-likeness (QED) is 0.866. The molecule has 0 aromatic heterocycles. The lowest BCUT2D eigenvalue weighted by atomic mass is 10.1. The Hall–Kier alpha value is -1.88. The number of esters is 1. The summed E-state index contributed by atoms with van der Waals surface area (Å²) in [6.45, 7) is 7.25. The Morgan fingerprint density at radius 1 is 1.26 bits per heavy atom. The van der Waals surface area contributed by atoms with E-state index in [4.69, 9.17) is 4.74 Å². The number of hydrogen-bond donors (Lipinski definition) is 1. The van der Waals surface area contributed by atoms with Crippen molar-refractivity contribution < 1.29 is 14.3 Å². The van der Waals surface area contributed by atoms with Gasteiger partial charge in [-0.3, -0.25) is 14.5 Å². The van der Waals surface area contributed by atoms with Gasteiger partial charge in [-0.1, -0.05) is 12.1 Å². The largest absolute Gasteiger partial charge is 0.459 e. The van der Waals surface area contributed by atoms with Crippen molar-refractivity contribution in [3.63, 3.8) is 0 Å². The highest BCUT2D eigenvalue weighted by molar-refractivity contribution is 5.93. The zero-order valence-corrected chi connectivity index (χ0v) is 14.4. The van der Waals surface area contributed by atoms with Gasteiger partial charge in [-0.05, 0) is 57.9 Å². The lowest BCUT2D eigenvalue weighted by Gasteiger charge is -2.27. The van der Waals surface area contributed by atoms with Crippen molar-refractivity contribution in [2.24, 2.45) is 0 Å². The van der Waals surface area contributed by atoms with E-state index in [1.807, 2.05) is 45.0 Å². The van der Waals surface area contributed by atoms with Gasteiger partial charge in [0, 0.05) is 19.2 Å². The van der Waals surface area contributed by atoms with E-state index in [1.54, 1.807) is 7.05 Å². The number of carbonyl (C=O) groups is 2. The van der Waals surface area contributed by atoms with Crippen molar-refractivity contribution in [2.75, 3.05) is 13.6 Å².